The SMILES string of the molecule is CCCCCCCc1ccc(B(O)O)cn1. The minimum absolute atomic E-state index is 0.453. The highest BCUT2D eigenvalue weighted by Crippen LogP contribution is 2.06. The second kappa shape index (κ2) is 7.42. The Balaban J connectivity index is 2.27. The first-order valence-corrected chi connectivity index (χ1v) is 6.05. The Bertz CT molecular complexity index is 288. The zero-order valence-electron chi connectivity index (χ0n) is 9.89. The number of unbranched alkanes of at least 4 members (excludes halogenated alkanes) is 4. The summed E-state index contributed by atoms with van der Waals surface area (Å²) >= 11 is 0. The third-order valence-corrected chi connectivity index (χ3v) is 2.68. The first-order valence-electron chi connectivity index (χ1n) is 6.05. The Hall–Kier alpha value is -0.865. The van der Waals surface area contributed by atoms with Gasteiger partial charge in [0.15, 0.2) is 0 Å². The molecule has 0 aromatic carbocycles. The summed E-state index contributed by atoms with van der Waals surface area (Å²) in [5, 5.41) is 17.8. The van der Waals surface area contributed by atoms with E-state index in [0.717, 1.165) is 18.5 Å². The maximum Gasteiger partial charge on any atom is 0.490 e. The van der Waals surface area contributed by atoms with E-state index in [4.69, 9.17) is 10.0 Å². The van der Waals surface area contributed by atoms with E-state index in [1.54, 1.807) is 6.07 Å². The molecule has 0 atom stereocenters. The van der Waals surface area contributed by atoms with Crippen LogP contribution in [0.4, 0.5) is 0 Å². The average molecular weight is 221 g/mol. The molecule has 0 radical (unpaired) electrons. The summed E-state index contributed by atoms with van der Waals surface area (Å²) in [4.78, 5) is 4.20. The third kappa shape index (κ3) is 4.77. The van der Waals surface area contributed by atoms with Gasteiger partial charge in [0.05, 0.1) is 0 Å². The van der Waals surface area contributed by atoms with Gasteiger partial charge in [-0.15, -0.1) is 0 Å². The number of rotatable bonds is 7. The van der Waals surface area contributed by atoms with Crippen molar-refractivity contribution in [2.75, 3.05) is 0 Å². The summed E-state index contributed by atoms with van der Waals surface area (Å²) in [7, 11) is -1.41. The van der Waals surface area contributed by atoms with Gasteiger partial charge in [0, 0.05) is 17.4 Å². The van der Waals surface area contributed by atoms with Crippen LogP contribution in [0.2, 0.25) is 0 Å². The molecule has 0 spiro atoms. The van der Waals surface area contributed by atoms with Crippen LogP contribution in [0.25, 0.3) is 0 Å². The first-order chi connectivity index (χ1) is 7.74. The van der Waals surface area contributed by atoms with Crippen LogP contribution in [-0.2, 0) is 6.42 Å². The quantitative estimate of drug-likeness (QED) is 0.538. The Morgan fingerprint density at radius 3 is 2.44 bits per heavy atom. The lowest BCUT2D eigenvalue weighted by molar-refractivity contribution is 0.425. The minimum Gasteiger partial charge on any atom is -0.423 e. The van der Waals surface area contributed by atoms with Gasteiger partial charge in [0.25, 0.3) is 0 Å². The van der Waals surface area contributed by atoms with Gasteiger partial charge < -0.3 is 10.0 Å². The van der Waals surface area contributed by atoms with Gasteiger partial charge in [-0.25, -0.2) is 0 Å². The van der Waals surface area contributed by atoms with Crippen molar-refractivity contribution in [3.63, 3.8) is 0 Å². The largest absolute Gasteiger partial charge is 0.490 e. The van der Waals surface area contributed by atoms with Crippen LogP contribution in [0.5, 0.6) is 0 Å². The van der Waals surface area contributed by atoms with Gasteiger partial charge in [0.1, 0.15) is 0 Å². The lowest BCUT2D eigenvalue weighted by atomic mass is 9.81. The summed E-state index contributed by atoms with van der Waals surface area (Å²) in [6.07, 6.45) is 8.79. The van der Waals surface area contributed by atoms with Crippen LogP contribution >= 0.6 is 0 Å². The van der Waals surface area contributed by atoms with Crippen molar-refractivity contribution in [1.82, 2.24) is 4.98 Å². The molecule has 0 fully saturated rings. The highest BCUT2D eigenvalue weighted by atomic mass is 16.4. The van der Waals surface area contributed by atoms with Crippen molar-refractivity contribution in [2.24, 2.45) is 0 Å². The topological polar surface area (TPSA) is 53.4 Å². The van der Waals surface area contributed by atoms with E-state index in [-0.39, 0.29) is 0 Å². The van der Waals surface area contributed by atoms with E-state index in [9.17, 15) is 0 Å². The summed E-state index contributed by atoms with van der Waals surface area (Å²) in [5.74, 6) is 0. The second-order valence-corrected chi connectivity index (χ2v) is 4.12. The molecule has 0 amide bonds. The van der Waals surface area contributed by atoms with Crippen molar-refractivity contribution >= 4 is 12.6 Å². The van der Waals surface area contributed by atoms with Crippen LogP contribution in [0, 0.1) is 0 Å². The molecule has 2 N–H and O–H groups in total. The minimum atomic E-state index is -1.41. The van der Waals surface area contributed by atoms with Crippen LogP contribution in [-0.4, -0.2) is 22.2 Å². The highest BCUT2D eigenvalue weighted by Gasteiger charge is 2.10. The lowest BCUT2D eigenvalue weighted by Gasteiger charge is -2.02. The molecule has 0 saturated carbocycles. The molecule has 1 aromatic heterocycles. The number of aryl methyl sites for hydroxylation is 1. The van der Waals surface area contributed by atoms with Crippen LogP contribution in [0.3, 0.4) is 0 Å². The molecule has 4 heteroatoms. The van der Waals surface area contributed by atoms with E-state index < -0.39 is 7.12 Å². The molecule has 0 bridgehead atoms. The Morgan fingerprint density at radius 1 is 1.12 bits per heavy atom. The van der Waals surface area contributed by atoms with Crippen molar-refractivity contribution < 1.29 is 10.0 Å². The molecule has 1 heterocycles. The van der Waals surface area contributed by atoms with E-state index in [1.807, 2.05) is 6.07 Å². The van der Waals surface area contributed by atoms with E-state index in [2.05, 4.69) is 11.9 Å². The standard InChI is InChI=1S/C12H20BNO2/c1-2-3-4-5-6-7-12-9-8-11(10-14-12)13(15)16/h8-10,15-16H,2-7H2,1H3. The monoisotopic (exact) mass is 221 g/mol. The van der Waals surface area contributed by atoms with Crippen molar-refractivity contribution in [1.29, 1.82) is 0 Å². The first kappa shape index (κ1) is 13.2. The Morgan fingerprint density at radius 2 is 1.88 bits per heavy atom. The smallest absolute Gasteiger partial charge is 0.423 e. The fourth-order valence-corrected chi connectivity index (χ4v) is 1.65. The second-order valence-electron chi connectivity index (χ2n) is 4.12. The predicted octanol–water partition coefficient (Wildman–Crippen LogP) is 1.27. The van der Waals surface area contributed by atoms with E-state index in [1.165, 1.54) is 31.9 Å². The summed E-state index contributed by atoms with van der Waals surface area (Å²) in [6, 6.07) is 3.59. The molecule has 3 nitrogen and oxygen atoms in total. The van der Waals surface area contributed by atoms with Crippen molar-refractivity contribution in [3.8, 4) is 0 Å². The van der Waals surface area contributed by atoms with Crippen molar-refractivity contribution in [3.05, 3.63) is 24.0 Å². The fraction of sp³-hybridized carbons (Fsp3) is 0.583. The Kier molecular flexibility index (Phi) is 6.12. The zero-order valence-corrected chi connectivity index (χ0v) is 9.89. The van der Waals surface area contributed by atoms with Gasteiger partial charge in [0.2, 0.25) is 0 Å². The third-order valence-electron chi connectivity index (χ3n) is 2.68. The van der Waals surface area contributed by atoms with Gasteiger partial charge in [-0.2, -0.15) is 0 Å². The molecular weight excluding hydrogens is 201 g/mol. The fourth-order valence-electron chi connectivity index (χ4n) is 1.65. The van der Waals surface area contributed by atoms with Crippen molar-refractivity contribution in [2.45, 2.75) is 45.4 Å². The lowest BCUT2D eigenvalue weighted by Crippen LogP contribution is -2.30. The van der Waals surface area contributed by atoms with Crippen LogP contribution < -0.4 is 5.46 Å². The maximum atomic E-state index is 8.90. The highest BCUT2D eigenvalue weighted by molar-refractivity contribution is 6.58. The Labute approximate surface area is 97.7 Å². The van der Waals surface area contributed by atoms with Gasteiger partial charge in [-0.3, -0.25) is 4.98 Å². The maximum absolute atomic E-state index is 8.90. The molecule has 16 heavy (non-hydrogen) atoms. The number of hydrogen-bond acceptors (Lipinski definition) is 3. The normalized spacial score (nSPS) is 10.4. The molecule has 0 aliphatic rings. The molecule has 0 aliphatic carbocycles. The summed E-state index contributed by atoms with van der Waals surface area (Å²) in [6.45, 7) is 2.21. The molecule has 0 saturated heterocycles. The van der Waals surface area contributed by atoms with E-state index in [0.29, 0.717) is 5.46 Å². The molecule has 1 aromatic rings. The van der Waals surface area contributed by atoms with E-state index >= 15 is 0 Å². The predicted molar refractivity (Wildman–Crippen MR) is 66.5 cm³/mol. The number of nitrogens with zero attached hydrogens (tertiary/aromatic N) is 1. The number of aromatic nitrogens is 1. The molecule has 1 rings (SSSR count). The van der Waals surface area contributed by atoms with Gasteiger partial charge in [-0.1, -0.05) is 38.7 Å². The summed E-state index contributed by atoms with van der Waals surface area (Å²) in [5.41, 5.74) is 1.48. The zero-order chi connectivity index (χ0) is 11.8. The molecule has 88 valence electrons. The number of pyridine rings is 1. The van der Waals surface area contributed by atoms with Crippen LogP contribution in [0.1, 0.15) is 44.7 Å². The van der Waals surface area contributed by atoms with Crippen LogP contribution in [0.15, 0.2) is 18.3 Å². The average Bonchev–Trinajstić information content (AvgIpc) is 2.29. The molecule has 0 aliphatic heterocycles. The van der Waals surface area contributed by atoms with Gasteiger partial charge in [-0.05, 0) is 18.9 Å². The number of hydrogen-bond donors (Lipinski definition) is 2. The summed E-state index contributed by atoms with van der Waals surface area (Å²) < 4.78 is 0. The molecular formula is C12H20BNO2. The molecule has 0 unspecified atom stereocenters. The van der Waals surface area contributed by atoms with Gasteiger partial charge >= 0.3 is 7.12 Å².